The van der Waals surface area contributed by atoms with Gasteiger partial charge < -0.3 is 10.2 Å². The standard InChI is InChI=1S/C30H35ClFN3O4S/c1-20(2)17-33-30(37)23(5)34(18-24-8-6-7-9-27(24)32)29(36)19-35(28-15-12-25(31)16-22(28)4)40(38,39)26-13-10-21(3)11-14-26/h6-16,20,23H,17-19H2,1-5H3,(H,33,37). The smallest absolute Gasteiger partial charge is 0.264 e. The van der Waals surface area contributed by atoms with Gasteiger partial charge in [-0.15, -0.1) is 0 Å². The number of carbonyl (C=O) groups excluding carboxylic acids is 2. The Balaban J connectivity index is 2.06. The summed E-state index contributed by atoms with van der Waals surface area (Å²) < 4.78 is 43.5. The Morgan fingerprint density at radius 1 is 0.975 bits per heavy atom. The number of nitrogens with zero attached hydrogens (tertiary/aromatic N) is 2. The Hall–Kier alpha value is -3.43. The number of aryl methyl sites for hydroxylation is 2. The molecule has 7 nitrogen and oxygen atoms in total. The van der Waals surface area contributed by atoms with Crippen molar-refractivity contribution in [3.8, 4) is 0 Å². The summed E-state index contributed by atoms with van der Waals surface area (Å²) in [6.45, 7) is 8.51. The fraction of sp³-hybridized carbons (Fsp3) is 0.333. The summed E-state index contributed by atoms with van der Waals surface area (Å²) in [4.78, 5) is 28.2. The van der Waals surface area contributed by atoms with Crippen molar-refractivity contribution in [2.24, 2.45) is 5.92 Å². The predicted octanol–water partition coefficient (Wildman–Crippen LogP) is 5.48. The number of halogens is 2. The molecule has 10 heteroatoms. The number of sulfonamides is 1. The van der Waals surface area contributed by atoms with E-state index in [4.69, 9.17) is 11.6 Å². The van der Waals surface area contributed by atoms with Crippen molar-refractivity contribution in [1.82, 2.24) is 10.2 Å². The number of anilines is 1. The van der Waals surface area contributed by atoms with E-state index < -0.39 is 40.2 Å². The SMILES string of the molecule is Cc1ccc(S(=O)(=O)N(CC(=O)N(Cc2ccccc2F)C(C)C(=O)NCC(C)C)c2ccc(Cl)cc2C)cc1. The fourth-order valence-corrected chi connectivity index (χ4v) is 5.80. The van der Waals surface area contributed by atoms with Crippen molar-refractivity contribution in [3.63, 3.8) is 0 Å². The van der Waals surface area contributed by atoms with Gasteiger partial charge in [0, 0.05) is 23.7 Å². The lowest BCUT2D eigenvalue weighted by Gasteiger charge is -2.32. The van der Waals surface area contributed by atoms with Crippen LogP contribution >= 0.6 is 11.6 Å². The van der Waals surface area contributed by atoms with Crippen molar-refractivity contribution >= 4 is 39.1 Å². The Kier molecular flexibility index (Phi) is 10.3. The van der Waals surface area contributed by atoms with Crippen LogP contribution in [0.5, 0.6) is 0 Å². The second-order valence-electron chi connectivity index (χ2n) is 10.2. The van der Waals surface area contributed by atoms with E-state index in [0.29, 0.717) is 17.1 Å². The predicted molar refractivity (Wildman–Crippen MR) is 156 cm³/mol. The molecule has 0 fully saturated rings. The Bertz CT molecular complexity index is 1460. The van der Waals surface area contributed by atoms with Gasteiger partial charge in [-0.05, 0) is 68.7 Å². The van der Waals surface area contributed by atoms with Gasteiger partial charge in [-0.2, -0.15) is 0 Å². The number of rotatable bonds is 11. The molecule has 40 heavy (non-hydrogen) atoms. The monoisotopic (exact) mass is 587 g/mol. The summed E-state index contributed by atoms with van der Waals surface area (Å²) in [5.41, 5.74) is 1.89. The van der Waals surface area contributed by atoms with Crippen molar-refractivity contribution in [2.45, 2.75) is 52.1 Å². The number of amides is 2. The molecule has 0 radical (unpaired) electrons. The molecular formula is C30H35ClFN3O4S. The van der Waals surface area contributed by atoms with Crippen LogP contribution in [-0.4, -0.2) is 44.3 Å². The first-order chi connectivity index (χ1) is 18.8. The van der Waals surface area contributed by atoms with Gasteiger partial charge in [0.1, 0.15) is 18.4 Å². The lowest BCUT2D eigenvalue weighted by molar-refractivity contribution is -0.139. The molecule has 3 rings (SSSR count). The molecule has 0 saturated heterocycles. The molecule has 0 heterocycles. The third-order valence-corrected chi connectivity index (χ3v) is 8.47. The van der Waals surface area contributed by atoms with E-state index in [-0.39, 0.29) is 28.6 Å². The number of benzene rings is 3. The summed E-state index contributed by atoms with van der Waals surface area (Å²) in [6.07, 6.45) is 0. The van der Waals surface area contributed by atoms with Gasteiger partial charge in [0.25, 0.3) is 10.0 Å². The van der Waals surface area contributed by atoms with Gasteiger partial charge in [-0.1, -0.05) is 61.3 Å². The summed E-state index contributed by atoms with van der Waals surface area (Å²) in [7, 11) is -4.22. The molecule has 3 aromatic rings. The molecule has 1 atom stereocenters. The molecule has 0 bridgehead atoms. The highest BCUT2D eigenvalue weighted by atomic mass is 35.5. The van der Waals surface area contributed by atoms with Crippen LogP contribution in [0, 0.1) is 25.6 Å². The highest BCUT2D eigenvalue weighted by molar-refractivity contribution is 7.92. The minimum atomic E-state index is -4.22. The summed E-state index contributed by atoms with van der Waals surface area (Å²) in [5.74, 6) is -1.45. The molecule has 0 aromatic heterocycles. The van der Waals surface area contributed by atoms with E-state index >= 15 is 0 Å². The second kappa shape index (κ2) is 13.3. The lowest BCUT2D eigenvalue weighted by Crippen LogP contribution is -2.51. The zero-order valence-electron chi connectivity index (χ0n) is 23.3. The molecule has 0 aliphatic carbocycles. The van der Waals surface area contributed by atoms with E-state index in [1.54, 1.807) is 44.2 Å². The first kappa shape index (κ1) is 31.1. The number of hydrogen-bond donors (Lipinski definition) is 1. The third kappa shape index (κ3) is 7.61. The minimum Gasteiger partial charge on any atom is -0.354 e. The summed E-state index contributed by atoms with van der Waals surface area (Å²) in [6, 6.07) is 16.0. The van der Waals surface area contributed by atoms with Crippen LogP contribution in [0.2, 0.25) is 5.02 Å². The Morgan fingerprint density at radius 3 is 2.23 bits per heavy atom. The van der Waals surface area contributed by atoms with Crippen LogP contribution in [0.3, 0.4) is 0 Å². The van der Waals surface area contributed by atoms with Gasteiger partial charge in [-0.25, -0.2) is 12.8 Å². The van der Waals surface area contributed by atoms with E-state index in [1.807, 2.05) is 20.8 Å². The average molecular weight is 588 g/mol. The topological polar surface area (TPSA) is 86.8 Å². The quantitative estimate of drug-likeness (QED) is 0.322. The van der Waals surface area contributed by atoms with Gasteiger partial charge in [-0.3, -0.25) is 13.9 Å². The molecule has 0 aliphatic rings. The molecule has 1 unspecified atom stereocenters. The molecule has 0 aliphatic heterocycles. The fourth-order valence-electron chi connectivity index (χ4n) is 4.09. The zero-order valence-corrected chi connectivity index (χ0v) is 24.9. The van der Waals surface area contributed by atoms with Crippen molar-refractivity contribution in [1.29, 1.82) is 0 Å². The molecule has 3 aromatic carbocycles. The van der Waals surface area contributed by atoms with E-state index in [9.17, 15) is 22.4 Å². The van der Waals surface area contributed by atoms with Crippen LogP contribution < -0.4 is 9.62 Å². The van der Waals surface area contributed by atoms with E-state index in [2.05, 4.69) is 5.32 Å². The highest BCUT2D eigenvalue weighted by Gasteiger charge is 2.33. The van der Waals surface area contributed by atoms with Crippen LogP contribution in [0.1, 0.15) is 37.5 Å². The maximum absolute atomic E-state index is 14.6. The van der Waals surface area contributed by atoms with E-state index in [1.165, 1.54) is 41.3 Å². The average Bonchev–Trinajstić information content (AvgIpc) is 2.90. The lowest BCUT2D eigenvalue weighted by atomic mass is 10.1. The molecule has 1 N–H and O–H groups in total. The van der Waals surface area contributed by atoms with Crippen LogP contribution in [0.4, 0.5) is 10.1 Å². The zero-order chi connectivity index (χ0) is 29.6. The van der Waals surface area contributed by atoms with Gasteiger partial charge >= 0.3 is 0 Å². The van der Waals surface area contributed by atoms with Crippen LogP contribution in [0.15, 0.2) is 71.6 Å². The van der Waals surface area contributed by atoms with E-state index in [0.717, 1.165) is 9.87 Å². The van der Waals surface area contributed by atoms with Crippen LogP contribution in [0.25, 0.3) is 0 Å². The number of nitrogens with one attached hydrogen (secondary N) is 1. The van der Waals surface area contributed by atoms with Crippen LogP contribution in [-0.2, 0) is 26.2 Å². The summed E-state index contributed by atoms with van der Waals surface area (Å²) in [5, 5.41) is 3.22. The largest absolute Gasteiger partial charge is 0.354 e. The normalized spacial score (nSPS) is 12.2. The summed E-state index contributed by atoms with van der Waals surface area (Å²) >= 11 is 6.14. The first-order valence-electron chi connectivity index (χ1n) is 13.0. The van der Waals surface area contributed by atoms with Crippen molar-refractivity contribution < 1.29 is 22.4 Å². The second-order valence-corrected chi connectivity index (χ2v) is 12.5. The van der Waals surface area contributed by atoms with Gasteiger partial charge in [0.2, 0.25) is 11.8 Å². The molecule has 214 valence electrons. The van der Waals surface area contributed by atoms with Crippen molar-refractivity contribution in [3.05, 3.63) is 94.3 Å². The molecule has 2 amide bonds. The minimum absolute atomic E-state index is 0.00336. The first-order valence-corrected chi connectivity index (χ1v) is 14.8. The molecular weight excluding hydrogens is 553 g/mol. The highest BCUT2D eigenvalue weighted by Crippen LogP contribution is 2.29. The molecule has 0 spiro atoms. The maximum Gasteiger partial charge on any atom is 0.264 e. The Morgan fingerprint density at radius 2 is 1.62 bits per heavy atom. The van der Waals surface area contributed by atoms with Gasteiger partial charge in [0.05, 0.1) is 10.6 Å². The maximum atomic E-state index is 14.6. The molecule has 0 saturated carbocycles. The number of hydrogen-bond acceptors (Lipinski definition) is 4. The Labute approximate surface area is 241 Å². The van der Waals surface area contributed by atoms with Gasteiger partial charge in [0.15, 0.2) is 0 Å². The third-order valence-electron chi connectivity index (χ3n) is 6.47. The van der Waals surface area contributed by atoms with Crippen molar-refractivity contribution in [2.75, 3.05) is 17.4 Å². The number of carbonyl (C=O) groups is 2.